The lowest BCUT2D eigenvalue weighted by molar-refractivity contribution is 0.397. The number of aromatic amines is 1. The number of fused-ring (bicyclic) bond motifs is 1. The molecule has 1 heterocycles. The molecule has 2 N–H and O–H groups in total. The zero-order valence-corrected chi connectivity index (χ0v) is 13.1. The second-order valence-corrected chi connectivity index (χ2v) is 6.70. The Kier molecular flexibility index (Phi) is 4.74. The van der Waals surface area contributed by atoms with E-state index in [2.05, 4.69) is 48.4 Å². The number of rotatable bonds is 6. The minimum absolute atomic E-state index is 0.317. The molecule has 0 aliphatic carbocycles. The van der Waals surface area contributed by atoms with Crippen molar-refractivity contribution >= 4 is 22.7 Å². The van der Waals surface area contributed by atoms with Crippen molar-refractivity contribution in [3.05, 3.63) is 30.3 Å². The smallest absolute Gasteiger partial charge is 0.104 e. The van der Waals surface area contributed by atoms with Crippen molar-refractivity contribution in [2.24, 2.45) is 0 Å². The highest BCUT2D eigenvalue weighted by Gasteiger charge is 2.23. The summed E-state index contributed by atoms with van der Waals surface area (Å²) in [6.45, 7) is 6.11. The van der Waals surface area contributed by atoms with Crippen LogP contribution in [0.1, 0.15) is 27.2 Å². The standard InChI is InChI=1S/C16H21N3S/c1-12(2)19-16(3,11-17)8-9-20-15-10-13-6-4-5-7-14(13)18-15/h4-7,10,12,18-19H,8-9H2,1-3H3. The number of thioether (sulfide) groups is 1. The van der Waals surface area contributed by atoms with Gasteiger partial charge >= 0.3 is 0 Å². The predicted octanol–water partition coefficient (Wildman–Crippen LogP) is 3.93. The van der Waals surface area contributed by atoms with E-state index in [0.717, 1.165) is 17.2 Å². The molecule has 0 radical (unpaired) electrons. The minimum Gasteiger partial charge on any atom is -0.350 e. The van der Waals surface area contributed by atoms with Gasteiger partial charge in [0.25, 0.3) is 0 Å². The van der Waals surface area contributed by atoms with Crippen LogP contribution in [-0.2, 0) is 0 Å². The molecule has 3 nitrogen and oxygen atoms in total. The molecular weight excluding hydrogens is 266 g/mol. The van der Waals surface area contributed by atoms with E-state index < -0.39 is 5.54 Å². The Labute approximate surface area is 124 Å². The van der Waals surface area contributed by atoms with Crippen LogP contribution in [0.2, 0.25) is 0 Å². The monoisotopic (exact) mass is 287 g/mol. The number of nitriles is 1. The molecule has 0 fully saturated rings. The molecule has 0 saturated heterocycles. The first-order chi connectivity index (χ1) is 9.52. The first-order valence-corrected chi connectivity index (χ1v) is 7.90. The summed E-state index contributed by atoms with van der Waals surface area (Å²) in [6, 6.07) is 13.1. The van der Waals surface area contributed by atoms with Crippen LogP contribution >= 0.6 is 11.8 Å². The van der Waals surface area contributed by atoms with Crippen LogP contribution < -0.4 is 5.32 Å². The lowest BCUT2D eigenvalue weighted by Gasteiger charge is -2.25. The highest BCUT2D eigenvalue weighted by molar-refractivity contribution is 7.99. The third kappa shape index (κ3) is 3.78. The van der Waals surface area contributed by atoms with E-state index in [1.165, 1.54) is 10.9 Å². The number of hydrogen-bond donors (Lipinski definition) is 2. The highest BCUT2D eigenvalue weighted by Crippen LogP contribution is 2.25. The maximum Gasteiger partial charge on any atom is 0.104 e. The van der Waals surface area contributed by atoms with E-state index in [1.807, 2.05) is 19.1 Å². The highest BCUT2D eigenvalue weighted by atomic mass is 32.2. The normalized spacial score (nSPS) is 14.3. The quantitative estimate of drug-likeness (QED) is 0.791. The zero-order chi connectivity index (χ0) is 14.6. The SMILES string of the molecule is CC(C)NC(C)(C#N)CCSc1cc2ccccc2[nH]1. The van der Waals surface area contributed by atoms with Crippen LogP contribution in [0, 0.1) is 11.3 Å². The molecular formula is C16H21N3S. The lowest BCUT2D eigenvalue weighted by Crippen LogP contribution is -2.45. The summed E-state index contributed by atoms with van der Waals surface area (Å²) in [4.78, 5) is 3.40. The molecule has 106 valence electrons. The fourth-order valence-corrected chi connectivity index (χ4v) is 3.41. The first-order valence-electron chi connectivity index (χ1n) is 6.92. The van der Waals surface area contributed by atoms with Gasteiger partial charge < -0.3 is 4.98 Å². The van der Waals surface area contributed by atoms with Crippen LogP contribution in [0.15, 0.2) is 35.4 Å². The number of nitrogens with one attached hydrogen (secondary N) is 2. The molecule has 4 heteroatoms. The number of benzene rings is 1. The van der Waals surface area contributed by atoms with Crippen LogP contribution in [0.4, 0.5) is 0 Å². The maximum absolute atomic E-state index is 9.32. The number of para-hydroxylation sites is 1. The molecule has 0 aliphatic rings. The van der Waals surface area contributed by atoms with Gasteiger partial charge in [0.2, 0.25) is 0 Å². The Bertz CT molecular complexity index is 578. The molecule has 2 rings (SSSR count). The fraction of sp³-hybridized carbons (Fsp3) is 0.438. The number of nitrogens with zero attached hydrogens (tertiary/aromatic N) is 1. The van der Waals surface area contributed by atoms with E-state index in [4.69, 9.17) is 0 Å². The summed E-state index contributed by atoms with van der Waals surface area (Å²) in [5, 5.41) is 15.0. The molecule has 0 aliphatic heterocycles. The average Bonchev–Trinajstić information content (AvgIpc) is 2.80. The van der Waals surface area contributed by atoms with Gasteiger partial charge in [-0.05, 0) is 39.3 Å². The van der Waals surface area contributed by atoms with E-state index >= 15 is 0 Å². The molecule has 0 amide bonds. The molecule has 1 aromatic carbocycles. The summed E-state index contributed by atoms with van der Waals surface area (Å²) in [6.07, 6.45) is 0.821. The molecule has 20 heavy (non-hydrogen) atoms. The molecule has 0 bridgehead atoms. The second-order valence-electron chi connectivity index (χ2n) is 5.56. The minimum atomic E-state index is -0.451. The maximum atomic E-state index is 9.32. The van der Waals surface area contributed by atoms with Crippen molar-refractivity contribution in [2.75, 3.05) is 5.75 Å². The van der Waals surface area contributed by atoms with Gasteiger partial charge in [0, 0.05) is 22.7 Å². The van der Waals surface area contributed by atoms with Gasteiger partial charge in [-0.15, -0.1) is 11.8 Å². The topological polar surface area (TPSA) is 51.6 Å². The molecule has 1 aromatic heterocycles. The van der Waals surface area contributed by atoms with Gasteiger partial charge in [-0.3, -0.25) is 5.32 Å². The molecule has 0 saturated carbocycles. The van der Waals surface area contributed by atoms with E-state index in [0.29, 0.717) is 6.04 Å². The average molecular weight is 287 g/mol. The van der Waals surface area contributed by atoms with Gasteiger partial charge in [0.05, 0.1) is 11.1 Å². The third-order valence-electron chi connectivity index (χ3n) is 3.22. The van der Waals surface area contributed by atoms with Gasteiger partial charge in [0.1, 0.15) is 5.54 Å². The van der Waals surface area contributed by atoms with Crippen molar-refractivity contribution in [3.8, 4) is 6.07 Å². The Balaban J connectivity index is 1.93. The van der Waals surface area contributed by atoms with Gasteiger partial charge in [-0.2, -0.15) is 5.26 Å². The fourth-order valence-electron chi connectivity index (χ4n) is 2.29. The van der Waals surface area contributed by atoms with Crippen LogP contribution in [-0.4, -0.2) is 22.3 Å². The summed E-state index contributed by atoms with van der Waals surface area (Å²) in [7, 11) is 0. The van der Waals surface area contributed by atoms with Crippen LogP contribution in [0.3, 0.4) is 0 Å². The molecule has 1 unspecified atom stereocenters. The Morgan fingerprint density at radius 2 is 2.15 bits per heavy atom. The lowest BCUT2D eigenvalue weighted by atomic mass is 10.0. The first kappa shape index (κ1) is 15.0. The zero-order valence-electron chi connectivity index (χ0n) is 12.2. The number of aromatic nitrogens is 1. The molecule has 2 aromatic rings. The number of hydrogen-bond acceptors (Lipinski definition) is 3. The third-order valence-corrected chi connectivity index (χ3v) is 4.16. The van der Waals surface area contributed by atoms with Crippen LogP contribution in [0.25, 0.3) is 10.9 Å². The van der Waals surface area contributed by atoms with E-state index in [-0.39, 0.29) is 0 Å². The predicted molar refractivity (Wildman–Crippen MR) is 85.9 cm³/mol. The Morgan fingerprint density at radius 3 is 2.80 bits per heavy atom. The van der Waals surface area contributed by atoms with E-state index in [1.54, 1.807) is 11.8 Å². The van der Waals surface area contributed by atoms with Crippen molar-refractivity contribution in [3.63, 3.8) is 0 Å². The molecule has 1 atom stereocenters. The van der Waals surface area contributed by atoms with Crippen molar-refractivity contribution in [1.82, 2.24) is 10.3 Å². The summed E-state index contributed by atoms with van der Waals surface area (Å²) < 4.78 is 0. The Morgan fingerprint density at radius 1 is 1.40 bits per heavy atom. The van der Waals surface area contributed by atoms with Gasteiger partial charge in [-0.25, -0.2) is 0 Å². The number of H-pyrrole nitrogens is 1. The van der Waals surface area contributed by atoms with Gasteiger partial charge in [-0.1, -0.05) is 18.2 Å². The molecule has 0 spiro atoms. The van der Waals surface area contributed by atoms with Crippen molar-refractivity contribution < 1.29 is 0 Å². The largest absolute Gasteiger partial charge is 0.350 e. The second kappa shape index (κ2) is 6.34. The summed E-state index contributed by atoms with van der Waals surface area (Å²) in [5.41, 5.74) is 0.714. The summed E-state index contributed by atoms with van der Waals surface area (Å²) in [5.74, 6) is 0.913. The van der Waals surface area contributed by atoms with Crippen LogP contribution in [0.5, 0.6) is 0 Å². The van der Waals surface area contributed by atoms with Crippen molar-refractivity contribution in [1.29, 1.82) is 5.26 Å². The van der Waals surface area contributed by atoms with E-state index in [9.17, 15) is 5.26 Å². The van der Waals surface area contributed by atoms with Crippen molar-refractivity contribution in [2.45, 2.75) is 43.8 Å². The Hall–Kier alpha value is -1.44. The van der Waals surface area contributed by atoms with Gasteiger partial charge in [0.15, 0.2) is 0 Å². The summed E-state index contributed by atoms with van der Waals surface area (Å²) >= 11 is 1.77.